The predicted octanol–water partition coefficient (Wildman–Crippen LogP) is 2.70. The first-order chi connectivity index (χ1) is 7.31. The Morgan fingerprint density at radius 1 is 1.27 bits per heavy atom. The number of hydrogen-bond acceptors (Lipinski definition) is 2. The van der Waals surface area contributed by atoms with E-state index in [2.05, 4.69) is 41.5 Å². The van der Waals surface area contributed by atoms with Crippen molar-refractivity contribution >= 4 is 5.71 Å². The molecule has 2 rings (SSSR count). The van der Waals surface area contributed by atoms with Crippen LogP contribution in [0.2, 0.25) is 0 Å². The fourth-order valence-corrected chi connectivity index (χ4v) is 1.97. The summed E-state index contributed by atoms with van der Waals surface area (Å²) in [5.74, 6) is 0. The van der Waals surface area contributed by atoms with Crippen molar-refractivity contribution in [2.24, 2.45) is 4.99 Å². The van der Waals surface area contributed by atoms with Crippen LogP contribution in [0.5, 0.6) is 0 Å². The monoisotopic (exact) mass is 200 g/mol. The van der Waals surface area contributed by atoms with Gasteiger partial charge in [-0.3, -0.25) is 4.99 Å². The molecule has 0 bridgehead atoms. The zero-order valence-corrected chi connectivity index (χ0v) is 9.20. The molecule has 1 aliphatic heterocycles. The highest BCUT2D eigenvalue weighted by Crippen LogP contribution is 2.26. The van der Waals surface area contributed by atoms with Gasteiger partial charge in [0.2, 0.25) is 0 Å². The van der Waals surface area contributed by atoms with Crippen molar-refractivity contribution in [3.8, 4) is 0 Å². The second-order valence-corrected chi connectivity index (χ2v) is 3.88. The van der Waals surface area contributed by atoms with Crippen LogP contribution in [0.25, 0.3) is 0 Å². The van der Waals surface area contributed by atoms with Crippen molar-refractivity contribution in [1.82, 2.24) is 5.32 Å². The summed E-state index contributed by atoms with van der Waals surface area (Å²) >= 11 is 0. The average molecular weight is 200 g/mol. The fraction of sp³-hybridized carbons (Fsp3) is 0.308. The Hall–Kier alpha value is -1.41. The number of hydrogen-bond donors (Lipinski definition) is 1. The molecule has 0 aromatic heterocycles. The number of benzene rings is 1. The molecule has 0 amide bonds. The molecule has 0 fully saturated rings. The summed E-state index contributed by atoms with van der Waals surface area (Å²) in [4.78, 5) is 4.33. The van der Waals surface area contributed by atoms with Crippen molar-refractivity contribution in [2.75, 3.05) is 7.05 Å². The van der Waals surface area contributed by atoms with Crippen molar-refractivity contribution in [3.05, 3.63) is 47.7 Å². The van der Waals surface area contributed by atoms with Gasteiger partial charge in [-0.15, -0.1) is 0 Å². The highest BCUT2D eigenvalue weighted by molar-refractivity contribution is 5.87. The normalized spacial score (nSPS) is 17.2. The largest absolute Gasteiger partial charge is 0.310 e. The smallest absolute Gasteiger partial charge is 0.0555 e. The van der Waals surface area contributed by atoms with Crippen LogP contribution in [0, 0.1) is 0 Å². The summed E-state index contributed by atoms with van der Waals surface area (Å²) < 4.78 is 0. The minimum atomic E-state index is 0.299. The van der Waals surface area contributed by atoms with Gasteiger partial charge in [0, 0.05) is 18.3 Å². The molecule has 78 valence electrons. The number of likely N-dealkylation sites (N-methyl/N-ethyl adjacent to an activating group) is 1. The highest BCUT2D eigenvalue weighted by atomic mass is 14.9. The first-order valence-corrected chi connectivity index (χ1v) is 5.25. The molecule has 1 N–H and O–H groups in total. The molecule has 2 heteroatoms. The molecule has 0 radical (unpaired) electrons. The molecule has 1 unspecified atom stereocenters. The van der Waals surface area contributed by atoms with Gasteiger partial charge in [0.25, 0.3) is 0 Å². The molecule has 1 atom stereocenters. The van der Waals surface area contributed by atoms with Crippen molar-refractivity contribution in [2.45, 2.75) is 19.4 Å². The van der Waals surface area contributed by atoms with E-state index in [0.717, 1.165) is 6.42 Å². The highest BCUT2D eigenvalue weighted by Gasteiger charge is 2.17. The van der Waals surface area contributed by atoms with Gasteiger partial charge in [0.15, 0.2) is 0 Å². The fourth-order valence-electron chi connectivity index (χ4n) is 1.97. The zero-order chi connectivity index (χ0) is 10.7. The molecule has 0 aliphatic carbocycles. The summed E-state index contributed by atoms with van der Waals surface area (Å²) in [6, 6.07) is 10.8. The Kier molecular flexibility index (Phi) is 2.97. The number of nitrogens with one attached hydrogen (secondary N) is 1. The van der Waals surface area contributed by atoms with Crippen LogP contribution >= 0.6 is 0 Å². The number of rotatable bonds is 3. The Labute approximate surface area is 90.7 Å². The maximum absolute atomic E-state index is 4.33. The third-order valence-electron chi connectivity index (χ3n) is 2.70. The van der Waals surface area contributed by atoms with E-state index in [1.165, 1.54) is 16.8 Å². The molecule has 0 saturated heterocycles. The third-order valence-corrected chi connectivity index (χ3v) is 2.70. The Bertz CT molecular complexity index is 390. The third kappa shape index (κ3) is 2.16. The van der Waals surface area contributed by atoms with E-state index >= 15 is 0 Å². The lowest BCUT2D eigenvalue weighted by Gasteiger charge is -2.17. The average Bonchev–Trinajstić information content (AvgIpc) is 2.68. The summed E-state index contributed by atoms with van der Waals surface area (Å²) in [7, 11) is 1.99. The Morgan fingerprint density at radius 3 is 2.53 bits per heavy atom. The van der Waals surface area contributed by atoms with E-state index in [-0.39, 0.29) is 0 Å². The molecular weight excluding hydrogens is 184 g/mol. The van der Waals surface area contributed by atoms with Gasteiger partial charge in [-0.25, -0.2) is 0 Å². The van der Waals surface area contributed by atoms with E-state index in [0.29, 0.717) is 6.04 Å². The first-order valence-electron chi connectivity index (χ1n) is 5.25. The molecule has 2 nitrogen and oxygen atoms in total. The Balaban J connectivity index is 2.20. The molecule has 1 aromatic carbocycles. The van der Waals surface area contributed by atoms with Gasteiger partial charge in [-0.05, 0) is 25.1 Å². The standard InChI is InChI=1S/C13H16N2/c1-10-8-12(9-15-10)13(14-2)11-6-4-3-5-7-11/h3-7,9,13-14H,8H2,1-2H3. The second kappa shape index (κ2) is 4.41. The molecule has 1 aromatic rings. The van der Waals surface area contributed by atoms with Gasteiger partial charge in [-0.1, -0.05) is 30.3 Å². The Morgan fingerprint density at radius 2 is 2.00 bits per heavy atom. The van der Waals surface area contributed by atoms with Crippen molar-refractivity contribution < 1.29 is 0 Å². The van der Waals surface area contributed by atoms with Crippen molar-refractivity contribution in [1.29, 1.82) is 0 Å². The summed E-state index contributed by atoms with van der Waals surface area (Å²) in [6.45, 7) is 2.07. The molecule has 1 aliphatic rings. The number of aliphatic imine (C=N–C) groups is 1. The minimum Gasteiger partial charge on any atom is -0.310 e. The van der Waals surface area contributed by atoms with Crippen LogP contribution in [0.4, 0.5) is 0 Å². The van der Waals surface area contributed by atoms with E-state index in [1.807, 2.05) is 19.3 Å². The molecular formula is C13H16N2. The molecule has 0 spiro atoms. The quantitative estimate of drug-likeness (QED) is 0.797. The van der Waals surface area contributed by atoms with Crippen LogP contribution in [0.1, 0.15) is 24.9 Å². The summed E-state index contributed by atoms with van der Waals surface area (Å²) in [5, 5.41) is 3.34. The van der Waals surface area contributed by atoms with Crippen LogP contribution in [0.3, 0.4) is 0 Å². The maximum atomic E-state index is 4.33. The van der Waals surface area contributed by atoms with E-state index in [4.69, 9.17) is 0 Å². The van der Waals surface area contributed by atoms with Crippen LogP contribution in [0.15, 0.2) is 47.1 Å². The van der Waals surface area contributed by atoms with E-state index < -0.39 is 0 Å². The maximum Gasteiger partial charge on any atom is 0.0555 e. The number of nitrogens with zero attached hydrogens (tertiary/aromatic N) is 1. The second-order valence-electron chi connectivity index (χ2n) is 3.88. The molecule has 1 heterocycles. The SMILES string of the molecule is CNC(C1=CN=C(C)C1)c1ccccc1. The van der Waals surface area contributed by atoms with Crippen LogP contribution < -0.4 is 5.32 Å². The van der Waals surface area contributed by atoms with Gasteiger partial charge in [0.1, 0.15) is 0 Å². The molecule has 15 heavy (non-hydrogen) atoms. The lowest BCUT2D eigenvalue weighted by Crippen LogP contribution is -2.18. The van der Waals surface area contributed by atoms with Crippen molar-refractivity contribution in [3.63, 3.8) is 0 Å². The van der Waals surface area contributed by atoms with Crippen LogP contribution in [-0.4, -0.2) is 12.8 Å². The van der Waals surface area contributed by atoms with E-state index in [9.17, 15) is 0 Å². The predicted molar refractivity (Wildman–Crippen MR) is 64.1 cm³/mol. The van der Waals surface area contributed by atoms with E-state index in [1.54, 1.807) is 0 Å². The van der Waals surface area contributed by atoms with Gasteiger partial charge < -0.3 is 5.32 Å². The zero-order valence-electron chi connectivity index (χ0n) is 9.20. The van der Waals surface area contributed by atoms with Gasteiger partial charge >= 0.3 is 0 Å². The van der Waals surface area contributed by atoms with Gasteiger partial charge in [0.05, 0.1) is 6.04 Å². The van der Waals surface area contributed by atoms with Gasteiger partial charge in [-0.2, -0.15) is 0 Å². The lowest BCUT2D eigenvalue weighted by molar-refractivity contribution is 0.671. The summed E-state index contributed by atoms with van der Waals surface area (Å²) in [5.41, 5.74) is 3.85. The molecule has 0 saturated carbocycles. The van der Waals surface area contributed by atoms with Crippen LogP contribution in [-0.2, 0) is 0 Å². The summed E-state index contributed by atoms with van der Waals surface area (Å²) in [6.07, 6.45) is 2.98. The lowest BCUT2D eigenvalue weighted by atomic mass is 9.97. The first kappa shape index (κ1) is 10.1. The topological polar surface area (TPSA) is 24.4 Å². The minimum absolute atomic E-state index is 0.299.